The van der Waals surface area contributed by atoms with Crippen LogP contribution in [0.15, 0.2) is 30.3 Å². The Bertz CT molecular complexity index is 396. The smallest absolute Gasteiger partial charge is 0.0993 e. The first kappa shape index (κ1) is 7.83. The van der Waals surface area contributed by atoms with Crippen molar-refractivity contribution in [2.24, 2.45) is 5.92 Å². The Kier molecular flexibility index (Phi) is 1.57. The van der Waals surface area contributed by atoms with Crippen LogP contribution < -0.4 is 0 Å². The van der Waals surface area contributed by atoms with E-state index >= 15 is 0 Å². The molecule has 1 aromatic carbocycles. The lowest BCUT2D eigenvalue weighted by atomic mass is 9.95. The van der Waals surface area contributed by atoms with Gasteiger partial charge < -0.3 is 0 Å². The average molecular weight is 168 g/mol. The molecule has 0 spiro atoms. The van der Waals surface area contributed by atoms with E-state index in [2.05, 4.69) is 12.1 Å². The van der Waals surface area contributed by atoms with Crippen LogP contribution in [0, 0.1) is 28.6 Å². The first-order chi connectivity index (χ1) is 6.33. The van der Waals surface area contributed by atoms with Gasteiger partial charge in [0.2, 0.25) is 0 Å². The van der Waals surface area contributed by atoms with Crippen molar-refractivity contribution in [3.05, 3.63) is 35.9 Å². The van der Waals surface area contributed by atoms with Crippen LogP contribution >= 0.6 is 0 Å². The Balaban J connectivity index is 2.39. The van der Waals surface area contributed by atoms with Gasteiger partial charge in [0.05, 0.1) is 23.5 Å². The van der Waals surface area contributed by atoms with Gasteiger partial charge in [-0.3, -0.25) is 0 Å². The van der Waals surface area contributed by atoms with Crippen molar-refractivity contribution >= 4 is 0 Å². The van der Waals surface area contributed by atoms with Crippen LogP contribution in [-0.2, 0) is 5.41 Å². The number of hydrogen-bond acceptors (Lipinski definition) is 2. The molecule has 0 bridgehead atoms. The van der Waals surface area contributed by atoms with Crippen molar-refractivity contribution in [3.63, 3.8) is 0 Å². The summed E-state index contributed by atoms with van der Waals surface area (Å²) in [6.45, 7) is 0. The fourth-order valence-electron chi connectivity index (χ4n) is 1.66. The molecule has 2 nitrogen and oxygen atoms in total. The normalized spacial score (nSPS) is 30.2. The lowest BCUT2D eigenvalue weighted by Crippen LogP contribution is -2.05. The quantitative estimate of drug-likeness (QED) is 0.643. The van der Waals surface area contributed by atoms with Crippen LogP contribution in [0.2, 0.25) is 0 Å². The summed E-state index contributed by atoms with van der Waals surface area (Å²) in [7, 11) is 0. The summed E-state index contributed by atoms with van der Waals surface area (Å²) in [5, 5.41) is 17.7. The highest BCUT2D eigenvalue weighted by molar-refractivity contribution is 5.44. The fourth-order valence-corrected chi connectivity index (χ4v) is 1.66. The summed E-state index contributed by atoms with van der Waals surface area (Å²) in [5.41, 5.74) is 0.472. The van der Waals surface area contributed by atoms with Crippen LogP contribution in [0.5, 0.6) is 0 Å². The van der Waals surface area contributed by atoms with Crippen LogP contribution in [0.3, 0.4) is 0 Å². The minimum absolute atomic E-state index is 0.111. The molecule has 1 aliphatic carbocycles. The lowest BCUT2D eigenvalue weighted by Gasteiger charge is -2.04. The summed E-state index contributed by atoms with van der Waals surface area (Å²) in [6, 6.07) is 14.0. The van der Waals surface area contributed by atoms with E-state index in [9.17, 15) is 0 Å². The summed E-state index contributed by atoms with van der Waals surface area (Å²) in [6.07, 6.45) is 0.685. The van der Waals surface area contributed by atoms with E-state index in [1.807, 2.05) is 30.3 Å². The minimum atomic E-state index is -0.504. The Morgan fingerprint density at radius 3 is 2.38 bits per heavy atom. The Morgan fingerprint density at radius 2 is 1.92 bits per heavy atom. The van der Waals surface area contributed by atoms with Gasteiger partial charge in [-0.25, -0.2) is 0 Å². The molecule has 0 N–H and O–H groups in total. The van der Waals surface area contributed by atoms with Gasteiger partial charge in [0.25, 0.3) is 0 Å². The van der Waals surface area contributed by atoms with Crippen molar-refractivity contribution in [1.82, 2.24) is 0 Å². The predicted molar refractivity (Wildman–Crippen MR) is 47.5 cm³/mol. The average Bonchev–Trinajstić information content (AvgIpc) is 2.94. The summed E-state index contributed by atoms with van der Waals surface area (Å²) in [4.78, 5) is 0. The second-order valence-electron chi connectivity index (χ2n) is 3.33. The summed E-state index contributed by atoms with van der Waals surface area (Å²) in [5.74, 6) is -0.111. The third kappa shape index (κ3) is 0.999. The van der Waals surface area contributed by atoms with E-state index in [4.69, 9.17) is 10.5 Å². The maximum atomic E-state index is 9.01. The summed E-state index contributed by atoms with van der Waals surface area (Å²) >= 11 is 0. The first-order valence-corrected chi connectivity index (χ1v) is 4.20. The standard InChI is InChI=1S/C11H8N2/c12-7-10-6-11(10,8-13)9-4-2-1-3-5-9/h1-5,10H,6H2. The van der Waals surface area contributed by atoms with Gasteiger partial charge in [-0.1, -0.05) is 30.3 Å². The predicted octanol–water partition coefficient (Wildman–Crippen LogP) is 1.99. The molecule has 0 saturated heterocycles. The zero-order chi connectivity index (χ0) is 9.31. The topological polar surface area (TPSA) is 47.6 Å². The number of hydrogen-bond donors (Lipinski definition) is 0. The van der Waals surface area contributed by atoms with E-state index in [0.717, 1.165) is 5.56 Å². The van der Waals surface area contributed by atoms with Gasteiger partial charge in [-0.05, 0) is 12.0 Å². The highest BCUT2D eigenvalue weighted by Gasteiger charge is 2.56. The van der Waals surface area contributed by atoms with Gasteiger partial charge >= 0.3 is 0 Å². The van der Waals surface area contributed by atoms with Crippen LogP contribution in [0.4, 0.5) is 0 Å². The number of nitrogens with zero attached hydrogens (tertiary/aromatic N) is 2. The van der Waals surface area contributed by atoms with Crippen LogP contribution in [-0.4, -0.2) is 0 Å². The molecule has 0 heterocycles. The maximum Gasteiger partial charge on any atom is 0.0993 e. The minimum Gasteiger partial charge on any atom is -0.198 e. The summed E-state index contributed by atoms with van der Waals surface area (Å²) < 4.78 is 0. The molecule has 2 heteroatoms. The van der Waals surface area contributed by atoms with Gasteiger partial charge in [0.1, 0.15) is 0 Å². The number of rotatable bonds is 1. The highest BCUT2D eigenvalue weighted by atomic mass is 14.6. The monoisotopic (exact) mass is 168 g/mol. The molecule has 2 atom stereocenters. The maximum absolute atomic E-state index is 9.01. The molecule has 1 aromatic rings. The fraction of sp³-hybridized carbons (Fsp3) is 0.273. The van der Waals surface area contributed by atoms with E-state index in [0.29, 0.717) is 6.42 Å². The zero-order valence-electron chi connectivity index (χ0n) is 7.07. The lowest BCUT2D eigenvalue weighted by molar-refractivity contribution is 0.849. The van der Waals surface area contributed by atoms with Crippen LogP contribution in [0.25, 0.3) is 0 Å². The molecule has 1 fully saturated rings. The second kappa shape index (κ2) is 2.61. The number of benzene rings is 1. The van der Waals surface area contributed by atoms with E-state index in [-0.39, 0.29) is 5.92 Å². The third-order valence-electron chi connectivity index (χ3n) is 2.61. The molecule has 2 rings (SSSR count). The van der Waals surface area contributed by atoms with Crippen LogP contribution in [0.1, 0.15) is 12.0 Å². The molecule has 1 saturated carbocycles. The first-order valence-electron chi connectivity index (χ1n) is 4.20. The van der Waals surface area contributed by atoms with Crippen molar-refractivity contribution in [2.75, 3.05) is 0 Å². The Labute approximate surface area is 77.0 Å². The van der Waals surface area contributed by atoms with E-state index < -0.39 is 5.41 Å². The third-order valence-corrected chi connectivity index (χ3v) is 2.61. The molecule has 1 aliphatic rings. The Hall–Kier alpha value is -1.80. The van der Waals surface area contributed by atoms with Crippen molar-refractivity contribution in [3.8, 4) is 12.1 Å². The molecule has 2 unspecified atom stereocenters. The Morgan fingerprint density at radius 1 is 1.23 bits per heavy atom. The SMILES string of the molecule is N#CC1CC1(C#N)c1ccccc1. The van der Waals surface area contributed by atoms with Gasteiger partial charge in [0.15, 0.2) is 0 Å². The van der Waals surface area contributed by atoms with Gasteiger partial charge in [-0.15, -0.1) is 0 Å². The highest BCUT2D eigenvalue weighted by Crippen LogP contribution is 2.53. The molecular weight excluding hydrogens is 160 g/mol. The van der Waals surface area contributed by atoms with Crippen molar-refractivity contribution in [1.29, 1.82) is 10.5 Å². The molecule has 0 amide bonds. The molecule has 13 heavy (non-hydrogen) atoms. The zero-order valence-corrected chi connectivity index (χ0v) is 7.07. The molecule has 0 aliphatic heterocycles. The van der Waals surface area contributed by atoms with Crippen molar-refractivity contribution < 1.29 is 0 Å². The molecule has 0 aromatic heterocycles. The molecule has 0 radical (unpaired) electrons. The largest absolute Gasteiger partial charge is 0.198 e. The van der Waals surface area contributed by atoms with Crippen molar-refractivity contribution in [2.45, 2.75) is 11.8 Å². The number of nitriles is 2. The van der Waals surface area contributed by atoms with Gasteiger partial charge in [-0.2, -0.15) is 10.5 Å². The molecular formula is C11H8N2. The van der Waals surface area contributed by atoms with E-state index in [1.54, 1.807) is 0 Å². The molecule has 62 valence electrons. The second-order valence-corrected chi connectivity index (χ2v) is 3.33. The van der Waals surface area contributed by atoms with E-state index in [1.165, 1.54) is 0 Å². The van der Waals surface area contributed by atoms with Gasteiger partial charge in [0, 0.05) is 0 Å².